The highest BCUT2D eigenvalue weighted by atomic mass is 16.2. The number of hydrogen-bond donors (Lipinski definition) is 4. The lowest BCUT2D eigenvalue weighted by molar-refractivity contribution is -0.132. The second-order valence-corrected chi connectivity index (χ2v) is 12.5. The highest BCUT2D eigenvalue weighted by Crippen LogP contribution is 2.39. The Labute approximate surface area is 240 Å². The largest absolute Gasteiger partial charge is 0.357 e. The Morgan fingerprint density at radius 1 is 1.07 bits per heavy atom. The Kier molecular flexibility index (Phi) is 7.80. The number of aromatic nitrogens is 2. The van der Waals surface area contributed by atoms with Crippen molar-refractivity contribution >= 4 is 29.4 Å². The van der Waals surface area contributed by atoms with E-state index in [4.69, 9.17) is 0 Å². The fraction of sp³-hybridized carbons (Fsp3) is 0.567. The third-order valence-electron chi connectivity index (χ3n) is 8.90. The van der Waals surface area contributed by atoms with Crippen molar-refractivity contribution < 1.29 is 19.2 Å². The average Bonchev–Trinajstić information content (AvgIpc) is 3.56. The summed E-state index contributed by atoms with van der Waals surface area (Å²) in [6.45, 7) is 5.16. The predicted molar refractivity (Wildman–Crippen MR) is 154 cm³/mol. The van der Waals surface area contributed by atoms with Gasteiger partial charge in [0.1, 0.15) is 17.3 Å². The van der Waals surface area contributed by atoms with Crippen LogP contribution in [0.1, 0.15) is 67.6 Å². The van der Waals surface area contributed by atoms with E-state index in [1.54, 1.807) is 31.3 Å². The van der Waals surface area contributed by atoms with Crippen LogP contribution in [-0.4, -0.2) is 70.2 Å². The number of amides is 5. The van der Waals surface area contributed by atoms with E-state index in [1.165, 1.54) is 4.68 Å². The Balaban J connectivity index is 1.37. The molecule has 11 nitrogen and oxygen atoms in total. The van der Waals surface area contributed by atoms with Gasteiger partial charge in [0.2, 0.25) is 11.8 Å². The molecule has 1 unspecified atom stereocenters. The highest BCUT2D eigenvalue weighted by Gasteiger charge is 2.52. The maximum Gasteiger partial charge on any atom is 0.318 e. The van der Waals surface area contributed by atoms with Gasteiger partial charge in [0.25, 0.3) is 5.91 Å². The molecule has 41 heavy (non-hydrogen) atoms. The minimum absolute atomic E-state index is 0.0391. The number of carbonyl (C=O) groups excluding carboxylic acids is 4. The monoisotopic (exact) mass is 563 g/mol. The molecular formula is C30H41N7O4. The molecular weight excluding hydrogens is 522 g/mol. The first kappa shape index (κ1) is 28.6. The number of nitrogens with one attached hydrogen (secondary N) is 4. The van der Waals surface area contributed by atoms with Crippen LogP contribution in [0.5, 0.6) is 0 Å². The van der Waals surface area contributed by atoms with Crippen molar-refractivity contribution in [1.82, 2.24) is 30.6 Å². The summed E-state index contributed by atoms with van der Waals surface area (Å²) in [5.74, 6) is -0.762. The molecule has 11 heteroatoms. The number of carbonyl (C=O) groups is 4. The summed E-state index contributed by atoms with van der Waals surface area (Å²) >= 11 is 0. The van der Waals surface area contributed by atoms with E-state index in [9.17, 15) is 19.2 Å². The number of benzene rings is 1. The lowest BCUT2D eigenvalue weighted by atomic mass is 9.83. The van der Waals surface area contributed by atoms with Crippen LogP contribution in [0.15, 0.2) is 30.5 Å². The molecule has 2 heterocycles. The third-order valence-corrected chi connectivity index (χ3v) is 8.90. The van der Waals surface area contributed by atoms with Crippen LogP contribution in [0.25, 0.3) is 0 Å². The number of aryl methyl sites for hydroxylation is 1. The smallest absolute Gasteiger partial charge is 0.318 e. The zero-order valence-electron chi connectivity index (χ0n) is 24.4. The molecule has 0 radical (unpaired) electrons. The lowest BCUT2D eigenvalue weighted by Gasteiger charge is -2.47. The van der Waals surface area contributed by atoms with E-state index in [1.807, 2.05) is 18.2 Å². The average molecular weight is 564 g/mol. The molecule has 1 aliphatic heterocycles. The van der Waals surface area contributed by atoms with Gasteiger partial charge in [0.05, 0.1) is 0 Å². The Morgan fingerprint density at radius 2 is 1.80 bits per heavy atom. The van der Waals surface area contributed by atoms with Crippen LogP contribution >= 0.6 is 0 Å². The first-order chi connectivity index (χ1) is 19.5. The van der Waals surface area contributed by atoms with E-state index in [0.29, 0.717) is 37.3 Å². The lowest BCUT2D eigenvalue weighted by Crippen LogP contribution is -2.68. The second kappa shape index (κ2) is 11.2. The molecule has 4 N–H and O–H groups in total. The van der Waals surface area contributed by atoms with E-state index in [0.717, 1.165) is 43.2 Å². The van der Waals surface area contributed by atoms with Gasteiger partial charge in [0, 0.05) is 51.9 Å². The predicted octanol–water partition coefficient (Wildman–Crippen LogP) is 2.37. The summed E-state index contributed by atoms with van der Waals surface area (Å²) in [5.41, 5.74) is 1.64. The summed E-state index contributed by atoms with van der Waals surface area (Å²) in [6.07, 6.45) is 7.22. The van der Waals surface area contributed by atoms with Gasteiger partial charge in [0.15, 0.2) is 0 Å². The zero-order chi connectivity index (χ0) is 29.4. The molecule has 1 saturated carbocycles. The molecule has 1 aromatic carbocycles. The summed E-state index contributed by atoms with van der Waals surface area (Å²) < 4.78 is 1.49. The minimum atomic E-state index is -1.05. The number of urea groups is 1. The molecule has 2 fully saturated rings. The van der Waals surface area contributed by atoms with Crippen molar-refractivity contribution in [3.63, 3.8) is 0 Å². The van der Waals surface area contributed by atoms with Crippen LogP contribution < -0.4 is 21.3 Å². The maximum absolute atomic E-state index is 13.7. The van der Waals surface area contributed by atoms with E-state index in [-0.39, 0.29) is 35.1 Å². The maximum atomic E-state index is 13.7. The van der Waals surface area contributed by atoms with Crippen molar-refractivity contribution in [2.45, 2.75) is 70.4 Å². The van der Waals surface area contributed by atoms with Gasteiger partial charge in [-0.1, -0.05) is 39.2 Å². The first-order valence-electron chi connectivity index (χ1n) is 14.5. The first-order valence-corrected chi connectivity index (χ1v) is 14.5. The van der Waals surface area contributed by atoms with Gasteiger partial charge in [-0.3, -0.25) is 19.1 Å². The van der Waals surface area contributed by atoms with Crippen LogP contribution in [0.4, 0.5) is 10.5 Å². The molecule has 2 aromatic rings. The SMILES string of the molecule is CNC(=O)C1(N2CC(C)(C)CNC2=O)Cc2ccc(NC(=O)[C@@H](NC(=O)c3ccnn3C)C3CCCCC3)cc2C1. The summed E-state index contributed by atoms with van der Waals surface area (Å²) in [5, 5.41) is 15.8. The highest BCUT2D eigenvalue weighted by molar-refractivity contribution is 6.01. The number of likely N-dealkylation sites (N-methyl/N-ethyl adjacent to an activating group) is 1. The van der Waals surface area contributed by atoms with Gasteiger partial charge in [-0.15, -0.1) is 0 Å². The van der Waals surface area contributed by atoms with Crippen LogP contribution in [0.2, 0.25) is 0 Å². The summed E-state index contributed by atoms with van der Waals surface area (Å²) in [7, 11) is 3.29. The standard InChI is InChI=1S/C30H41N7O4/c1-29(2)17-32-28(41)37(18-29)30(27(40)31-3)15-20-10-11-22(14-21(20)16-30)34-26(39)24(19-8-6-5-7-9-19)35-25(38)23-12-13-33-36(23)4/h10-14,19,24H,5-9,15-18H2,1-4H3,(H,31,40)(H,32,41)(H,34,39)(H,35,38)/t24-,30?/m0/s1. The Morgan fingerprint density at radius 3 is 2.49 bits per heavy atom. The van der Waals surface area contributed by atoms with Crippen LogP contribution in [-0.2, 0) is 29.5 Å². The van der Waals surface area contributed by atoms with Crippen LogP contribution in [0, 0.1) is 11.3 Å². The van der Waals surface area contributed by atoms with Crippen LogP contribution in [0.3, 0.4) is 0 Å². The molecule has 3 aliphatic rings. The van der Waals surface area contributed by atoms with Gasteiger partial charge >= 0.3 is 6.03 Å². The fourth-order valence-corrected chi connectivity index (χ4v) is 6.65. The fourth-order valence-electron chi connectivity index (χ4n) is 6.65. The number of rotatable bonds is 7. The van der Waals surface area contributed by atoms with Gasteiger partial charge in [-0.25, -0.2) is 4.79 Å². The number of anilines is 1. The van der Waals surface area contributed by atoms with Crippen molar-refractivity contribution in [3.8, 4) is 0 Å². The summed E-state index contributed by atoms with van der Waals surface area (Å²) in [6, 6.07) is 6.35. The number of nitrogens with zero attached hydrogens (tertiary/aromatic N) is 3. The molecule has 2 aliphatic carbocycles. The van der Waals surface area contributed by atoms with E-state index in [2.05, 4.69) is 40.2 Å². The van der Waals surface area contributed by atoms with Gasteiger partial charge in [-0.05, 0) is 53.5 Å². The van der Waals surface area contributed by atoms with Crippen molar-refractivity contribution in [2.24, 2.45) is 18.4 Å². The summed E-state index contributed by atoms with van der Waals surface area (Å²) in [4.78, 5) is 54.8. The molecule has 220 valence electrons. The third kappa shape index (κ3) is 5.67. The van der Waals surface area contributed by atoms with Gasteiger partial charge < -0.3 is 26.2 Å². The molecule has 5 amide bonds. The molecule has 1 saturated heterocycles. The second-order valence-electron chi connectivity index (χ2n) is 12.5. The van der Waals surface area contributed by atoms with Crippen molar-refractivity contribution in [3.05, 3.63) is 47.3 Å². The van der Waals surface area contributed by atoms with Gasteiger partial charge in [-0.2, -0.15) is 5.10 Å². The van der Waals surface area contributed by atoms with E-state index >= 15 is 0 Å². The van der Waals surface area contributed by atoms with Crippen molar-refractivity contribution in [1.29, 1.82) is 0 Å². The Hall–Kier alpha value is -3.89. The molecule has 5 rings (SSSR count). The molecule has 1 aromatic heterocycles. The zero-order valence-corrected chi connectivity index (χ0v) is 24.4. The number of hydrogen-bond acceptors (Lipinski definition) is 5. The normalized spacial score (nSPS) is 22.8. The minimum Gasteiger partial charge on any atom is -0.357 e. The molecule has 2 atom stereocenters. The topological polar surface area (TPSA) is 137 Å². The Bertz CT molecular complexity index is 1350. The van der Waals surface area contributed by atoms with E-state index < -0.39 is 11.6 Å². The molecule has 0 spiro atoms. The number of fused-ring (bicyclic) bond motifs is 1. The molecule has 0 bridgehead atoms. The quantitative estimate of drug-likeness (QED) is 0.410. The van der Waals surface area contributed by atoms with Crippen molar-refractivity contribution in [2.75, 3.05) is 25.5 Å².